The van der Waals surface area contributed by atoms with Gasteiger partial charge in [0.05, 0.1) is 35.1 Å². The Morgan fingerprint density at radius 2 is 1.96 bits per heavy atom. The maximum atomic E-state index is 12.2. The van der Waals surface area contributed by atoms with E-state index in [1.807, 2.05) is 0 Å². The largest absolute Gasteiger partial charge is 0.459 e. The molecule has 0 aliphatic rings. The number of carbonyl (C=O) groups is 1. The molecule has 130 valence electrons. The van der Waals surface area contributed by atoms with E-state index in [-0.39, 0.29) is 12.5 Å². The lowest BCUT2D eigenvalue weighted by Gasteiger charge is -2.15. The van der Waals surface area contributed by atoms with Crippen molar-refractivity contribution in [2.24, 2.45) is 0 Å². The molecule has 0 radical (unpaired) electrons. The third-order valence-corrected chi connectivity index (χ3v) is 3.87. The van der Waals surface area contributed by atoms with Gasteiger partial charge >= 0.3 is 0 Å². The van der Waals surface area contributed by atoms with Crippen molar-refractivity contribution in [2.45, 2.75) is 6.54 Å². The van der Waals surface area contributed by atoms with Crippen LogP contribution in [0.5, 0.6) is 0 Å². The quantitative estimate of drug-likeness (QED) is 0.701. The number of furan rings is 1. The van der Waals surface area contributed by atoms with Crippen LogP contribution >= 0.6 is 23.2 Å². The fourth-order valence-corrected chi connectivity index (χ4v) is 2.64. The number of amides is 1. The molecule has 0 aliphatic carbocycles. The Morgan fingerprint density at radius 1 is 1.20 bits per heavy atom. The van der Waals surface area contributed by atoms with Crippen molar-refractivity contribution in [3.8, 4) is 11.7 Å². The number of hydrogen-bond donors (Lipinski definition) is 1. The molecule has 0 saturated carbocycles. The van der Waals surface area contributed by atoms with Crippen LogP contribution in [0.25, 0.3) is 11.7 Å². The fourth-order valence-electron chi connectivity index (χ4n) is 2.15. The molecule has 0 aliphatic heterocycles. The molecule has 0 bridgehead atoms. The second-order valence-electron chi connectivity index (χ2n) is 5.30. The third kappa shape index (κ3) is 4.39. The number of rotatable bonds is 6. The second kappa shape index (κ2) is 7.69. The number of halogens is 2. The van der Waals surface area contributed by atoms with Crippen molar-refractivity contribution in [3.63, 3.8) is 0 Å². The predicted molar refractivity (Wildman–Crippen MR) is 93.4 cm³/mol. The van der Waals surface area contributed by atoms with Gasteiger partial charge in [0.1, 0.15) is 0 Å². The van der Waals surface area contributed by atoms with E-state index in [0.717, 1.165) is 0 Å². The minimum Gasteiger partial charge on any atom is -0.459 e. The van der Waals surface area contributed by atoms with E-state index < -0.39 is 0 Å². The van der Waals surface area contributed by atoms with Crippen molar-refractivity contribution < 1.29 is 13.6 Å². The number of hydrogen-bond acceptors (Lipinski definition) is 6. The highest BCUT2D eigenvalue weighted by Crippen LogP contribution is 2.29. The Bertz CT molecular complexity index is 844. The van der Waals surface area contributed by atoms with E-state index >= 15 is 0 Å². The number of benzene rings is 1. The highest BCUT2D eigenvalue weighted by molar-refractivity contribution is 6.39. The molecule has 2 aromatic heterocycles. The highest BCUT2D eigenvalue weighted by atomic mass is 35.5. The standard InChI is InChI=1S/C16H14Cl2N4O3/c1-22(8-13(23)19-15-10(17)4-2-5-11(15)18)9-14-20-21-16(25-14)12-6-3-7-24-12/h2-7H,8-9H2,1H3,(H,19,23). The lowest BCUT2D eigenvalue weighted by molar-refractivity contribution is -0.117. The molecule has 0 spiro atoms. The summed E-state index contributed by atoms with van der Waals surface area (Å²) >= 11 is 12.1. The molecule has 3 aromatic rings. The first-order valence-corrected chi connectivity index (χ1v) is 8.07. The molecule has 0 saturated heterocycles. The lowest BCUT2D eigenvalue weighted by atomic mass is 10.3. The molecular weight excluding hydrogens is 367 g/mol. The van der Waals surface area contributed by atoms with Crippen molar-refractivity contribution in [3.05, 3.63) is 52.5 Å². The first-order chi connectivity index (χ1) is 12.0. The zero-order valence-electron chi connectivity index (χ0n) is 13.2. The summed E-state index contributed by atoms with van der Waals surface area (Å²) in [7, 11) is 1.75. The van der Waals surface area contributed by atoms with Gasteiger partial charge in [-0.15, -0.1) is 10.2 Å². The van der Waals surface area contributed by atoms with Crippen LogP contribution in [-0.4, -0.2) is 34.6 Å². The summed E-state index contributed by atoms with van der Waals surface area (Å²) in [5, 5.41) is 11.3. The van der Waals surface area contributed by atoms with Crippen LogP contribution in [-0.2, 0) is 11.3 Å². The summed E-state index contributed by atoms with van der Waals surface area (Å²) in [6.45, 7) is 0.400. The maximum absolute atomic E-state index is 12.2. The Labute approximate surface area is 153 Å². The maximum Gasteiger partial charge on any atom is 0.283 e. The van der Waals surface area contributed by atoms with Crippen molar-refractivity contribution >= 4 is 34.8 Å². The topological polar surface area (TPSA) is 84.4 Å². The summed E-state index contributed by atoms with van der Waals surface area (Å²) in [6.07, 6.45) is 1.52. The van der Waals surface area contributed by atoms with Crippen molar-refractivity contribution in [2.75, 3.05) is 18.9 Å². The molecule has 0 fully saturated rings. The van der Waals surface area contributed by atoms with Gasteiger partial charge < -0.3 is 14.2 Å². The summed E-state index contributed by atoms with van der Waals surface area (Å²) in [4.78, 5) is 13.9. The van der Waals surface area contributed by atoms with Gasteiger partial charge in [-0.3, -0.25) is 9.69 Å². The Hall–Kier alpha value is -2.35. The van der Waals surface area contributed by atoms with Gasteiger partial charge in [0, 0.05) is 0 Å². The fraction of sp³-hybridized carbons (Fsp3) is 0.188. The van der Waals surface area contributed by atoms with Crippen molar-refractivity contribution in [1.29, 1.82) is 0 Å². The molecule has 0 atom stereocenters. The highest BCUT2D eigenvalue weighted by Gasteiger charge is 2.15. The first-order valence-electron chi connectivity index (χ1n) is 7.31. The van der Waals surface area contributed by atoms with E-state index in [1.54, 1.807) is 42.3 Å². The van der Waals surface area contributed by atoms with Gasteiger partial charge in [-0.1, -0.05) is 29.3 Å². The summed E-state index contributed by atoms with van der Waals surface area (Å²) < 4.78 is 10.7. The van der Waals surface area contributed by atoms with Gasteiger partial charge in [-0.2, -0.15) is 0 Å². The van der Waals surface area contributed by atoms with Crippen LogP contribution in [0.15, 0.2) is 45.4 Å². The van der Waals surface area contributed by atoms with Gasteiger partial charge in [0.2, 0.25) is 11.8 Å². The Kier molecular flexibility index (Phi) is 5.37. The minimum absolute atomic E-state index is 0.0972. The number of aromatic nitrogens is 2. The van der Waals surface area contributed by atoms with Gasteiger partial charge in [0.15, 0.2) is 5.76 Å². The number of nitrogens with one attached hydrogen (secondary N) is 1. The van der Waals surface area contributed by atoms with Gasteiger partial charge in [0.25, 0.3) is 5.89 Å². The average Bonchev–Trinajstić information content (AvgIpc) is 3.22. The molecule has 25 heavy (non-hydrogen) atoms. The molecule has 1 aromatic carbocycles. The molecule has 1 amide bonds. The number of carbonyl (C=O) groups excluding carboxylic acids is 1. The van der Waals surface area contributed by atoms with E-state index in [9.17, 15) is 4.79 Å². The van der Waals surface area contributed by atoms with Crippen LogP contribution in [0.4, 0.5) is 5.69 Å². The van der Waals surface area contributed by atoms with E-state index in [0.29, 0.717) is 39.8 Å². The van der Waals surface area contributed by atoms with E-state index in [1.165, 1.54) is 6.26 Å². The monoisotopic (exact) mass is 380 g/mol. The molecule has 7 nitrogen and oxygen atoms in total. The SMILES string of the molecule is CN(CC(=O)Nc1c(Cl)cccc1Cl)Cc1nnc(-c2ccco2)o1. The lowest BCUT2D eigenvalue weighted by Crippen LogP contribution is -2.30. The molecule has 2 heterocycles. The zero-order valence-corrected chi connectivity index (χ0v) is 14.7. The molecular formula is C16H14Cl2N4O3. The number of nitrogens with zero attached hydrogens (tertiary/aromatic N) is 3. The van der Waals surface area contributed by atoms with Crippen LogP contribution in [0.2, 0.25) is 10.0 Å². The van der Waals surface area contributed by atoms with E-state index in [2.05, 4.69) is 15.5 Å². The number of likely N-dealkylation sites (N-methyl/N-ethyl adjacent to an activating group) is 1. The summed E-state index contributed by atoms with van der Waals surface area (Å²) in [6, 6.07) is 8.47. The summed E-state index contributed by atoms with van der Waals surface area (Å²) in [5.74, 6) is 0.897. The predicted octanol–water partition coefficient (Wildman–Crippen LogP) is 3.71. The summed E-state index contributed by atoms with van der Waals surface area (Å²) in [5.41, 5.74) is 0.391. The van der Waals surface area contributed by atoms with Crippen LogP contribution in [0.3, 0.4) is 0 Å². The van der Waals surface area contributed by atoms with Crippen molar-refractivity contribution in [1.82, 2.24) is 15.1 Å². The minimum atomic E-state index is -0.261. The van der Waals surface area contributed by atoms with E-state index in [4.69, 9.17) is 32.0 Å². The average molecular weight is 381 g/mol. The third-order valence-electron chi connectivity index (χ3n) is 3.24. The molecule has 1 N–H and O–H groups in total. The van der Waals surface area contributed by atoms with Gasteiger partial charge in [-0.25, -0.2) is 0 Å². The van der Waals surface area contributed by atoms with Gasteiger partial charge in [-0.05, 0) is 31.3 Å². The molecule has 9 heteroatoms. The Balaban J connectivity index is 1.57. The molecule has 3 rings (SSSR count). The number of anilines is 1. The van der Waals surface area contributed by atoms with Crippen LogP contribution in [0, 0.1) is 0 Å². The smallest absolute Gasteiger partial charge is 0.283 e. The molecule has 0 unspecified atom stereocenters. The zero-order chi connectivity index (χ0) is 17.8. The van der Waals surface area contributed by atoms with Crippen LogP contribution in [0.1, 0.15) is 5.89 Å². The number of para-hydroxylation sites is 1. The second-order valence-corrected chi connectivity index (χ2v) is 6.11. The van der Waals surface area contributed by atoms with Crippen LogP contribution < -0.4 is 5.32 Å². The first kappa shape index (κ1) is 17.5. The Morgan fingerprint density at radius 3 is 2.64 bits per heavy atom. The normalized spacial score (nSPS) is 11.0.